The number of alkyl halides is 3. The van der Waals surface area contributed by atoms with E-state index in [9.17, 15) is 13.2 Å². The number of hydrogen-bond donors (Lipinski definition) is 3. The average molecular weight is 310 g/mol. The number of nitrogens with one attached hydrogen (secondary N) is 2. The fourth-order valence-corrected chi connectivity index (χ4v) is 2.54. The highest BCUT2D eigenvalue weighted by atomic mass is 19.4. The molecule has 0 bridgehead atoms. The molecule has 0 spiro atoms. The lowest BCUT2D eigenvalue weighted by Gasteiger charge is -2.27. The highest BCUT2D eigenvalue weighted by molar-refractivity contribution is 6.06. The number of aliphatic imine (C=N–C) groups is 1. The van der Waals surface area contributed by atoms with Gasteiger partial charge in [0.2, 0.25) is 0 Å². The summed E-state index contributed by atoms with van der Waals surface area (Å²) < 4.78 is 38.8. The molecule has 4 nitrogen and oxygen atoms in total. The zero-order valence-corrected chi connectivity index (χ0v) is 11.9. The second-order valence-electron chi connectivity index (χ2n) is 5.90. The molecule has 4 N–H and O–H groups in total. The first-order valence-electron chi connectivity index (χ1n) is 7.14. The van der Waals surface area contributed by atoms with E-state index in [-0.39, 0.29) is 18.7 Å². The Kier molecular flexibility index (Phi) is 3.47. The van der Waals surface area contributed by atoms with Gasteiger partial charge in [-0.3, -0.25) is 5.41 Å². The average Bonchev–Trinajstić information content (AvgIpc) is 3.18. The second kappa shape index (κ2) is 5.08. The first kappa shape index (κ1) is 15.0. The van der Waals surface area contributed by atoms with Gasteiger partial charge in [-0.2, -0.15) is 13.2 Å². The summed E-state index contributed by atoms with van der Waals surface area (Å²) in [6, 6.07) is 7.19. The third kappa shape index (κ3) is 2.49. The van der Waals surface area contributed by atoms with Crippen molar-refractivity contribution in [3.8, 4) is 0 Å². The molecule has 2 fully saturated rings. The zero-order chi connectivity index (χ0) is 16.0. The molecule has 1 aliphatic carbocycles. The van der Waals surface area contributed by atoms with Gasteiger partial charge in [0.1, 0.15) is 11.3 Å². The highest BCUT2D eigenvalue weighted by Crippen LogP contribution is 2.57. The molecule has 0 atom stereocenters. The van der Waals surface area contributed by atoms with Crippen LogP contribution in [0.5, 0.6) is 0 Å². The normalized spacial score (nSPS) is 21.3. The Morgan fingerprint density at radius 3 is 2.23 bits per heavy atom. The van der Waals surface area contributed by atoms with Crippen LogP contribution in [0.25, 0.3) is 0 Å². The van der Waals surface area contributed by atoms with Crippen LogP contribution in [0, 0.1) is 10.8 Å². The van der Waals surface area contributed by atoms with Crippen molar-refractivity contribution in [3.05, 3.63) is 35.4 Å². The monoisotopic (exact) mass is 310 g/mol. The summed E-state index contributed by atoms with van der Waals surface area (Å²) in [7, 11) is 0. The molecule has 0 aromatic heterocycles. The highest BCUT2D eigenvalue weighted by Gasteiger charge is 2.66. The molecule has 1 aromatic carbocycles. The summed E-state index contributed by atoms with van der Waals surface area (Å²) in [6.45, 7) is 1.85. The largest absolute Gasteiger partial charge is 0.401 e. The smallest absolute Gasteiger partial charge is 0.386 e. The molecule has 2 aliphatic rings. The Hall–Kier alpha value is -1.89. The molecule has 118 valence electrons. The van der Waals surface area contributed by atoms with Crippen molar-refractivity contribution in [1.82, 2.24) is 5.32 Å². The minimum atomic E-state index is -4.40. The van der Waals surface area contributed by atoms with Gasteiger partial charge in [-0.05, 0) is 18.4 Å². The number of benzene rings is 1. The summed E-state index contributed by atoms with van der Waals surface area (Å²) in [5.41, 5.74) is 5.13. The lowest BCUT2D eigenvalue weighted by atomic mass is 9.93. The molecule has 1 saturated carbocycles. The van der Waals surface area contributed by atoms with Crippen molar-refractivity contribution in [1.29, 1.82) is 5.41 Å². The van der Waals surface area contributed by atoms with Gasteiger partial charge in [-0.25, -0.2) is 4.99 Å². The topological polar surface area (TPSA) is 74.3 Å². The van der Waals surface area contributed by atoms with Crippen LogP contribution >= 0.6 is 0 Å². The third-order valence-corrected chi connectivity index (χ3v) is 4.45. The van der Waals surface area contributed by atoms with E-state index in [4.69, 9.17) is 11.1 Å². The van der Waals surface area contributed by atoms with E-state index in [1.165, 1.54) is 0 Å². The van der Waals surface area contributed by atoms with Gasteiger partial charge in [0.05, 0.1) is 0 Å². The number of halogens is 3. The second-order valence-corrected chi connectivity index (χ2v) is 5.90. The van der Waals surface area contributed by atoms with Crippen molar-refractivity contribution < 1.29 is 13.2 Å². The van der Waals surface area contributed by atoms with Crippen LogP contribution in [0.15, 0.2) is 29.3 Å². The van der Waals surface area contributed by atoms with Crippen molar-refractivity contribution in [2.45, 2.75) is 24.9 Å². The van der Waals surface area contributed by atoms with E-state index < -0.39 is 17.4 Å². The third-order valence-electron chi connectivity index (χ3n) is 4.45. The Labute approximate surface area is 126 Å². The van der Waals surface area contributed by atoms with Gasteiger partial charge >= 0.3 is 6.18 Å². The molecular formula is C15H17F3N4. The summed E-state index contributed by atoms with van der Waals surface area (Å²) in [5.74, 6) is -0.264. The minimum Gasteiger partial charge on any atom is -0.386 e. The van der Waals surface area contributed by atoms with Crippen molar-refractivity contribution >= 4 is 11.7 Å². The maximum atomic E-state index is 12.9. The number of nitrogens with two attached hydrogens (primary N) is 1. The Morgan fingerprint density at radius 1 is 1.23 bits per heavy atom. The van der Waals surface area contributed by atoms with Crippen LogP contribution in [-0.2, 0) is 0 Å². The molecule has 1 saturated heterocycles. The Bertz CT molecular complexity index is 611. The predicted molar refractivity (Wildman–Crippen MR) is 78.2 cm³/mol. The quantitative estimate of drug-likeness (QED) is 0.592. The predicted octanol–water partition coefficient (Wildman–Crippen LogP) is 2.40. The first-order valence-corrected chi connectivity index (χ1v) is 7.14. The van der Waals surface area contributed by atoms with Gasteiger partial charge in [-0.1, -0.05) is 24.3 Å². The van der Waals surface area contributed by atoms with Crippen LogP contribution in [0.2, 0.25) is 0 Å². The summed E-state index contributed by atoms with van der Waals surface area (Å²) in [6.07, 6.45) is -4.50. The van der Waals surface area contributed by atoms with Crippen molar-refractivity contribution in [2.24, 2.45) is 16.1 Å². The summed E-state index contributed by atoms with van der Waals surface area (Å²) >= 11 is 0. The lowest BCUT2D eigenvalue weighted by molar-refractivity contribution is -0.165. The van der Waals surface area contributed by atoms with Gasteiger partial charge in [0.25, 0.3) is 0 Å². The lowest BCUT2D eigenvalue weighted by Crippen LogP contribution is -2.39. The standard InChI is InChI=1S/C15H17F3N4/c16-15(17,18)14(5-6-14)13(20)22-12(19)10-3-1-9(2-4-10)11-7-21-8-11/h1-4,11,21H,5-8H2,(H3,19,20,22). The molecule has 0 unspecified atom stereocenters. The van der Waals surface area contributed by atoms with Crippen LogP contribution in [0.3, 0.4) is 0 Å². The molecule has 7 heteroatoms. The molecule has 0 amide bonds. The molecule has 1 aromatic rings. The van der Waals surface area contributed by atoms with E-state index in [2.05, 4.69) is 10.3 Å². The van der Waals surface area contributed by atoms with E-state index in [1.54, 1.807) is 12.1 Å². The number of amidine groups is 2. The van der Waals surface area contributed by atoms with E-state index in [0.717, 1.165) is 18.7 Å². The molecule has 1 heterocycles. The van der Waals surface area contributed by atoms with Gasteiger partial charge in [0, 0.05) is 24.6 Å². The van der Waals surface area contributed by atoms with E-state index in [1.807, 2.05) is 12.1 Å². The molecule has 3 rings (SSSR count). The molecule has 22 heavy (non-hydrogen) atoms. The number of hydrogen-bond acceptors (Lipinski definition) is 2. The fraction of sp³-hybridized carbons (Fsp3) is 0.467. The SMILES string of the molecule is N=C(N=C(N)C1(C(F)(F)F)CC1)c1ccc(C2CNC2)cc1. The minimum absolute atomic E-state index is 0.0489. The van der Waals surface area contributed by atoms with Crippen LogP contribution in [0.1, 0.15) is 29.9 Å². The number of rotatable bonds is 3. The van der Waals surface area contributed by atoms with Gasteiger partial charge in [0.15, 0.2) is 5.84 Å². The maximum Gasteiger partial charge on any atom is 0.401 e. The Balaban J connectivity index is 1.75. The van der Waals surface area contributed by atoms with E-state index in [0.29, 0.717) is 11.5 Å². The fourth-order valence-electron chi connectivity index (χ4n) is 2.54. The first-order chi connectivity index (χ1) is 10.3. The van der Waals surface area contributed by atoms with Crippen molar-refractivity contribution in [2.75, 3.05) is 13.1 Å². The van der Waals surface area contributed by atoms with Gasteiger partial charge in [-0.15, -0.1) is 0 Å². The number of nitrogens with zero attached hydrogens (tertiary/aromatic N) is 1. The molecule has 1 aliphatic heterocycles. The molecular weight excluding hydrogens is 293 g/mol. The van der Waals surface area contributed by atoms with Crippen LogP contribution < -0.4 is 11.1 Å². The zero-order valence-electron chi connectivity index (χ0n) is 11.9. The van der Waals surface area contributed by atoms with Crippen LogP contribution in [-0.4, -0.2) is 30.9 Å². The Morgan fingerprint density at radius 2 is 1.82 bits per heavy atom. The molecule has 0 radical (unpaired) electrons. The van der Waals surface area contributed by atoms with Gasteiger partial charge < -0.3 is 11.1 Å². The maximum absolute atomic E-state index is 12.9. The van der Waals surface area contributed by atoms with Crippen molar-refractivity contribution in [3.63, 3.8) is 0 Å². The summed E-state index contributed by atoms with van der Waals surface area (Å²) in [5, 5.41) is 11.0. The summed E-state index contributed by atoms with van der Waals surface area (Å²) in [4.78, 5) is 3.70. The van der Waals surface area contributed by atoms with Crippen LogP contribution in [0.4, 0.5) is 13.2 Å². The van der Waals surface area contributed by atoms with E-state index >= 15 is 0 Å².